The Balaban J connectivity index is 1.50. The van der Waals surface area contributed by atoms with Crippen LogP contribution in [-0.4, -0.2) is 45.7 Å². The molecule has 0 aromatic heterocycles. The quantitative estimate of drug-likeness (QED) is 0.599. The van der Waals surface area contributed by atoms with Gasteiger partial charge in [-0.15, -0.1) is 0 Å². The van der Waals surface area contributed by atoms with Gasteiger partial charge in [0.15, 0.2) is 0 Å². The molecule has 0 aromatic carbocycles. The first-order chi connectivity index (χ1) is 13.2. The summed E-state index contributed by atoms with van der Waals surface area (Å²) in [5, 5.41) is 33.3. The smallest absolute Gasteiger partial charge is 0.331 e. The Labute approximate surface area is 167 Å². The van der Waals surface area contributed by atoms with Crippen LogP contribution in [0.5, 0.6) is 0 Å². The summed E-state index contributed by atoms with van der Waals surface area (Å²) < 4.78 is 5.14. The van der Waals surface area contributed by atoms with Gasteiger partial charge < -0.3 is 20.1 Å². The van der Waals surface area contributed by atoms with E-state index < -0.39 is 17.1 Å². The molecule has 4 aliphatic carbocycles. The third-order valence-corrected chi connectivity index (χ3v) is 9.92. The minimum absolute atomic E-state index is 0.170. The monoisotopic (exact) mass is 390 g/mol. The van der Waals surface area contributed by atoms with Crippen molar-refractivity contribution in [1.82, 2.24) is 0 Å². The predicted octanol–water partition coefficient (Wildman–Crippen LogP) is 2.58. The number of hydrogen-bond acceptors (Lipinski definition) is 5. The summed E-state index contributed by atoms with van der Waals surface area (Å²) in [6.07, 6.45) is 7.87. The molecule has 1 aliphatic heterocycles. The molecule has 1 heterocycles. The van der Waals surface area contributed by atoms with E-state index in [0.717, 1.165) is 50.5 Å². The number of ether oxygens (including phenoxy) is 1. The van der Waals surface area contributed by atoms with Gasteiger partial charge in [-0.3, -0.25) is 0 Å². The number of cyclic esters (lactones) is 1. The van der Waals surface area contributed by atoms with Gasteiger partial charge in [-0.2, -0.15) is 0 Å². The summed E-state index contributed by atoms with van der Waals surface area (Å²) in [5.74, 6) is 0.627. The van der Waals surface area contributed by atoms with Crippen LogP contribution in [-0.2, 0) is 9.53 Å². The molecule has 5 aliphatic rings. The number of fused-ring (bicyclic) bond motifs is 5. The molecule has 9 atom stereocenters. The summed E-state index contributed by atoms with van der Waals surface area (Å²) in [6, 6.07) is 0. The van der Waals surface area contributed by atoms with E-state index >= 15 is 0 Å². The minimum atomic E-state index is -0.906. The van der Waals surface area contributed by atoms with E-state index in [9.17, 15) is 20.1 Å². The Morgan fingerprint density at radius 2 is 1.86 bits per heavy atom. The molecule has 4 saturated carbocycles. The number of hydrogen-bond donors (Lipinski definition) is 3. The molecule has 0 saturated heterocycles. The van der Waals surface area contributed by atoms with Crippen molar-refractivity contribution in [3.8, 4) is 0 Å². The molecule has 0 amide bonds. The van der Waals surface area contributed by atoms with Gasteiger partial charge in [0.05, 0.1) is 17.8 Å². The van der Waals surface area contributed by atoms with Crippen molar-refractivity contribution >= 4 is 5.97 Å². The van der Waals surface area contributed by atoms with Crippen molar-refractivity contribution in [2.75, 3.05) is 6.61 Å². The molecular weight excluding hydrogens is 356 g/mol. The molecule has 0 aromatic rings. The predicted molar refractivity (Wildman–Crippen MR) is 103 cm³/mol. The first kappa shape index (κ1) is 19.1. The van der Waals surface area contributed by atoms with Crippen LogP contribution in [0.3, 0.4) is 0 Å². The van der Waals surface area contributed by atoms with Crippen LogP contribution in [0.25, 0.3) is 0 Å². The molecule has 0 bridgehead atoms. The fourth-order valence-electron chi connectivity index (χ4n) is 8.47. The summed E-state index contributed by atoms with van der Waals surface area (Å²) in [7, 11) is 0. The minimum Gasteiger partial charge on any atom is -0.458 e. The molecule has 4 fully saturated rings. The van der Waals surface area contributed by atoms with Crippen LogP contribution in [0.4, 0.5) is 0 Å². The zero-order chi connectivity index (χ0) is 19.9. The zero-order valence-corrected chi connectivity index (χ0v) is 17.1. The van der Waals surface area contributed by atoms with E-state index in [0.29, 0.717) is 18.3 Å². The summed E-state index contributed by atoms with van der Waals surface area (Å²) in [4.78, 5) is 11.7. The normalized spacial score (nSPS) is 55.8. The standard InChI is InChI=1S/C23H34O5/c1-21-7-5-15(24)10-14(21)3-4-17-16(21)6-8-22(2)20(13-9-19(26)28-12-13)18(25)11-23(17,22)27/h9,14-18,20,24-25,27H,3-8,10-12H2,1-2H3/t14-,15-,16-,17+,18+,20-,21-,22+,23+/m0/s1. The van der Waals surface area contributed by atoms with Gasteiger partial charge in [0.25, 0.3) is 0 Å². The molecule has 5 heteroatoms. The SMILES string of the molecule is C[C@]12CC[C@H](O)C[C@@H]1CC[C@@H]1[C@@H]2CC[C@]2(C)[C@@H](C3=CC(=O)OC3)[C@H](O)C[C@@]12O. The Morgan fingerprint density at radius 3 is 2.57 bits per heavy atom. The van der Waals surface area contributed by atoms with E-state index in [1.165, 1.54) is 6.08 Å². The second kappa shape index (κ2) is 6.05. The molecule has 5 nitrogen and oxygen atoms in total. The van der Waals surface area contributed by atoms with Gasteiger partial charge in [-0.25, -0.2) is 4.79 Å². The Kier molecular flexibility index (Phi) is 4.12. The highest BCUT2D eigenvalue weighted by molar-refractivity contribution is 5.85. The first-order valence-corrected chi connectivity index (χ1v) is 11.1. The lowest BCUT2D eigenvalue weighted by Crippen LogP contribution is -2.62. The van der Waals surface area contributed by atoms with Crippen LogP contribution in [0, 0.1) is 34.5 Å². The molecule has 0 spiro atoms. The highest BCUT2D eigenvalue weighted by Gasteiger charge is 2.70. The molecule has 156 valence electrons. The number of aliphatic hydroxyl groups is 3. The zero-order valence-electron chi connectivity index (χ0n) is 17.1. The third kappa shape index (κ3) is 2.33. The van der Waals surface area contributed by atoms with Crippen molar-refractivity contribution in [2.45, 2.75) is 83.0 Å². The van der Waals surface area contributed by atoms with Crippen molar-refractivity contribution in [3.05, 3.63) is 11.6 Å². The Morgan fingerprint density at radius 1 is 1.07 bits per heavy atom. The lowest BCUT2D eigenvalue weighted by molar-refractivity contribution is -0.208. The van der Waals surface area contributed by atoms with E-state index in [4.69, 9.17) is 4.74 Å². The van der Waals surface area contributed by atoms with Crippen LogP contribution < -0.4 is 0 Å². The van der Waals surface area contributed by atoms with Crippen LogP contribution in [0.2, 0.25) is 0 Å². The van der Waals surface area contributed by atoms with E-state index in [1.807, 2.05) is 0 Å². The second-order valence-corrected chi connectivity index (χ2v) is 10.9. The Bertz CT molecular complexity index is 718. The topological polar surface area (TPSA) is 87.0 Å². The number of rotatable bonds is 1. The number of esters is 1. The maximum atomic E-state index is 12.1. The highest BCUT2D eigenvalue weighted by Crippen LogP contribution is 2.69. The van der Waals surface area contributed by atoms with Crippen LogP contribution in [0.1, 0.15) is 65.2 Å². The molecule has 28 heavy (non-hydrogen) atoms. The first-order valence-electron chi connectivity index (χ1n) is 11.1. The van der Waals surface area contributed by atoms with Crippen LogP contribution in [0.15, 0.2) is 11.6 Å². The summed E-state index contributed by atoms with van der Waals surface area (Å²) in [5.41, 5.74) is -0.301. The maximum Gasteiger partial charge on any atom is 0.331 e. The van der Waals surface area contributed by atoms with Gasteiger partial charge in [0.2, 0.25) is 0 Å². The largest absolute Gasteiger partial charge is 0.458 e. The molecule has 5 rings (SSSR count). The lowest BCUT2D eigenvalue weighted by Gasteiger charge is -2.63. The van der Waals surface area contributed by atoms with Crippen molar-refractivity contribution in [2.24, 2.45) is 34.5 Å². The van der Waals surface area contributed by atoms with Gasteiger partial charge in [-0.05, 0) is 73.7 Å². The van der Waals surface area contributed by atoms with E-state index in [1.54, 1.807) is 0 Å². The van der Waals surface area contributed by atoms with Crippen molar-refractivity contribution in [1.29, 1.82) is 0 Å². The van der Waals surface area contributed by atoms with Crippen LogP contribution >= 0.6 is 0 Å². The average Bonchev–Trinajstić information content (AvgIpc) is 3.13. The van der Waals surface area contributed by atoms with Gasteiger partial charge in [0, 0.05) is 23.8 Å². The number of aliphatic hydroxyl groups excluding tert-OH is 2. The fraction of sp³-hybridized carbons (Fsp3) is 0.870. The average molecular weight is 391 g/mol. The molecule has 0 unspecified atom stereocenters. The maximum absolute atomic E-state index is 12.1. The number of carbonyl (C=O) groups is 1. The molecular formula is C23H34O5. The Hall–Kier alpha value is -0.910. The van der Waals surface area contributed by atoms with E-state index in [-0.39, 0.29) is 35.9 Å². The molecule has 0 radical (unpaired) electrons. The summed E-state index contributed by atoms with van der Waals surface area (Å²) in [6.45, 7) is 4.77. The van der Waals surface area contributed by atoms with Gasteiger partial charge >= 0.3 is 5.97 Å². The fourth-order valence-corrected chi connectivity index (χ4v) is 8.47. The van der Waals surface area contributed by atoms with E-state index in [2.05, 4.69) is 13.8 Å². The van der Waals surface area contributed by atoms with Crippen molar-refractivity contribution < 1.29 is 24.9 Å². The number of carbonyl (C=O) groups excluding carboxylic acids is 1. The molecule has 3 N–H and O–H groups in total. The van der Waals surface area contributed by atoms with Gasteiger partial charge in [0.1, 0.15) is 6.61 Å². The van der Waals surface area contributed by atoms with Gasteiger partial charge in [-0.1, -0.05) is 13.8 Å². The highest BCUT2D eigenvalue weighted by atomic mass is 16.5. The third-order valence-electron chi connectivity index (χ3n) is 9.92. The van der Waals surface area contributed by atoms with Crippen molar-refractivity contribution in [3.63, 3.8) is 0 Å². The second-order valence-electron chi connectivity index (χ2n) is 10.9. The summed E-state index contributed by atoms with van der Waals surface area (Å²) >= 11 is 0. The lowest BCUT2D eigenvalue weighted by atomic mass is 9.43.